The van der Waals surface area contributed by atoms with E-state index in [-0.39, 0.29) is 0 Å². The zero-order valence-corrected chi connectivity index (χ0v) is 11.2. The van der Waals surface area contributed by atoms with Gasteiger partial charge in [-0.1, -0.05) is 17.7 Å². The number of nitrogen functional groups attached to an aromatic ring is 1. The molecular formula is C13H15ClN4O. The van der Waals surface area contributed by atoms with Crippen molar-refractivity contribution < 1.29 is 4.52 Å². The van der Waals surface area contributed by atoms with Crippen molar-refractivity contribution in [2.45, 2.75) is 19.3 Å². The van der Waals surface area contributed by atoms with Crippen LogP contribution in [0.1, 0.15) is 19.3 Å². The average molecular weight is 279 g/mol. The van der Waals surface area contributed by atoms with E-state index in [4.69, 9.17) is 21.9 Å². The van der Waals surface area contributed by atoms with Crippen LogP contribution in [-0.2, 0) is 0 Å². The first-order chi connectivity index (χ1) is 9.25. The van der Waals surface area contributed by atoms with Crippen LogP contribution in [-0.4, -0.2) is 23.2 Å². The highest BCUT2D eigenvalue weighted by atomic mass is 35.5. The van der Waals surface area contributed by atoms with Crippen molar-refractivity contribution in [1.29, 1.82) is 0 Å². The summed E-state index contributed by atoms with van der Waals surface area (Å²) in [7, 11) is 0. The highest BCUT2D eigenvalue weighted by Gasteiger charge is 2.19. The van der Waals surface area contributed by atoms with E-state index in [1.54, 1.807) is 6.07 Å². The summed E-state index contributed by atoms with van der Waals surface area (Å²) >= 11 is 5.99. The monoisotopic (exact) mass is 278 g/mol. The lowest BCUT2D eigenvalue weighted by Gasteiger charge is -2.24. The zero-order valence-electron chi connectivity index (χ0n) is 10.5. The smallest absolute Gasteiger partial charge is 0.266 e. The molecule has 0 saturated carbocycles. The molecule has 5 nitrogen and oxygen atoms in total. The maximum absolute atomic E-state index is 5.99. The zero-order chi connectivity index (χ0) is 13.2. The number of para-hydroxylation sites is 1. The van der Waals surface area contributed by atoms with Crippen LogP contribution in [0.2, 0.25) is 5.02 Å². The van der Waals surface area contributed by atoms with Crippen molar-refractivity contribution in [1.82, 2.24) is 10.1 Å². The summed E-state index contributed by atoms with van der Waals surface area (Å²) in [5.41, 5.74) is 7.08. The van der Waals surface area contributed by atoms with E-state index in [0.717, 1.165) is 13.1 Å². The summed E-state index contributed by atoms with van der Waals surface area (Å²) in [4.78, 5) is 6.55. The van der Waals surface area contributed by atoms with E-state index >= 15 is 0 Å². The van der Waals surface area contributed by atoms with E-state index in [2.05, 4.69) is 15.0 Å². The van der Waals surface area contributed by atoms with Gasteiger partial charge in [0.2, 0.25) is 0 Å². The molecule has 0 radical (unpaired) electrons. The van der Waals surface area contributed by atoms with Gasteiger partial charge < -0.3 is 15.2 Å². The molecular weight excluding hydrogens is 264 g/mol. The second-order valence-corrected chi connectivity index (χ2v) is 5.06. The Balaban J connectivity index is 1.90. The van der Waals surface area contributed by atoms with Gasteiger partial charge in [0.15, 0.2) is 0 Å². The van der Waals surface area contributed by atoms with Gasteiger partial charge in [0.05, 0.1) is 16.3 Å². The molecule has 2 N–H and O–H groups in total. The molecule has 0 bridgehead atoms. The minimum absolute atomic E-state index is 0.417. The predicted octanol–water partition coefficient (Wildman–Crippen LogP) is 2.96. The number of benzene rings is 1. The van der Waals surface area contributed by atoms with E-state index in [9.17, 15) is 0 Å². The molecule has 1 aliphatic heterocycles. The fourth-order valence-electron chi connectivity index (χ4n) is 2.27. The molecule has 1 fully saturated rings. The second-order valence-electron chi connectivity index (χ2n) is 4.65. The summed E-state index contributed by atoms with van der Waals surface area (Å²) in [5.74, 6) is 1.05. The molecule has 0 spiro atoms. The van der Waals surface area contributed by atoms with Gasteiger partial charge in [0.1, 0.15) is 0 Å². The lowest BCUT2D eigenvalue weighted by molar-refractivity contribution is 0.426. The van der Waals surface area contributed by atoms with Crippen LogP contribution in [0.5, 0.6) is 0 Å². The van der Waals surface area contributed by atoms with Gasteiger partial charge in [-0.15, -0.1) is 0 Å². The maximum Gasteiger partial charge on any atom is 0.266 e. The molecule has 1 saturated heterocycles. The van der Waals surface area contributed by atoms with Gasteiger partial charge in [-0.05, 0) is 36.6 Å². The first-order valence-electron chi connectivity index (χ1n) is 6.39. The van der Waals surface area contributed by atoms with E-state index in [1.807, 2.05) is 12.1 Å². The van der Waals surface area contributed by atoms with Gasteiger partial charge in [-0.2, -0.15) is 4.98 Å². The maximum atomic E-state index is 5.99. The quantitative estimate of drug-likeness (QED) is 0.856. The first-order valence-corrected chi connectivity index (χ1v) is 6.76. The third-order valence-electron chi connectivity index (χ3n) is 3.34. The molecule has 0 atom stereocenters. The number of nitrogens with two attached hydrogens (primary N) is 1. The van der Waals surface area contributed by atoms with Crippen LogP contribution >= 0.6 is 11.6 Å². The van der Waals surface area contributed by atoms with Crippen molar-refractivity contribution in [3.8, 4) is 11.5 Å². The molecule has 3 rings (SSSR count). The predicted molar refractivity (Wildman–Crippen MR) is 75.2 cm³/mol. The highest BCUT2D eigenvalue weighted by molar-refractivity contribution is 6.33. The molecule has 0 aliphatic carbocycles. The Morgan fingerprint density at radius 2 is 2.00 bits per heavy atom. The highest BCUT2D eigenvalue weighted by Crippen LogP contribution is 2.31. The Morgan fingerprint density at radius 3 is 2.79 bits per heavy atom. The normalized spacial score (nSPS) is 15.7. The van der Waals surface area contributed by atoms with Crippen LogP contribution in [0.3, 0.4) is 0 Å². The molecule has 1 aromatic carbocycles. The summed E-state index contributed by atoms with van der Waals surface area (Å²) in [6, 6.07) is 5.38. The van der Waals surface area contributed by atoms with E-state index in [1.165, 1.54) is 19.3 Å². The summed E-state index contributed by atoms with van der Waals surface area (Å²) in [5, 5.41) is 4.52. The lowest BCUT2D eigenvalue weighted by atomic mass is 10.1. The molecule has 19 heavy (non-hydrogen) atoms. The number of hydrogen-bond acceptors (Lipinski definition) is 5. The van der Waals surface area contributed by atoms with Crippen LogP contribution in [0, 0.1) is 0 Å². The van der Waals surface area contributed by atoms with Crippen molar-refractivity contribution in [2.24, 2.45) is 0 Å². The molecule has 100 valence electrons. The number of halogens is 1. The molecule has 0 amide bonds. The first kappa shape index (κ1) is 12.3. The van der Waals surface area contributed by atoms with Gasteiger partial charge in [0, 0.05) is 13.1 Å². The third kappa shape index (κ3) is 2.38. The van der Waals surface area contributed by atoms with Crippen LogP contribution in [0.15, 0.2) is 22.7 Å². The minimum atomic E-state index is 0.417. The fraction of sp³-hybridized carbons (Fsp3) is 0.385. The molecule has 0 unspecified atom stereocenters. The van der Waals surface area contributed by atoms with Gasteiger partial charge >= 0.3 is 0 Å². The standard InChI is InChI=1S/C13H15ClN4O/c14-10-6-4-5-9(11(10)15)12-16-13(17-19-12)18-7-2-1-3-8-18/h4-6H,1-3,7-8,15H2. The molecule has 2 aromatic rings. The minimum Gasteiger partial charge on any atom is -0.397 e. The topological polar surface area (TPSA) is 68.2 Å². The largest absolute Gasteiger partial charge is 0.397 e. The Hall–Kier alpha value is -1.75. The molecule has 6 heteroatoms. The number of aromatic nitrogens is 2. The van der Waals surface area contributed by atoms with Crippen LogP contribution < -0.4 is 10.6 Å². The lowest BCUT2D eigenvalue weighted by Crippen LogP contribution is -2.30. The van der Waals surface area contributed by atoms with Gasteiger partial charge in [0.25, 0.3) is 11.8 Å². The number of anilines is 2. The number of hydrogen-bond donors (Lipinski definition) is 1. The fourth-order valence-corrected chi connectivity index (χ4v) is 2.45. The Kier molecular flexibility index (Phi) is 3.29. The van der Waals surface area contributed by atoms with Crippen molar-refractivity contribution in [3.63, 3.8) is 0 Å². The van der Waals surface area contributed by atoms with Crippen molar-refractivity contribution in [3.05, 3.63) is 23.2 Å². The Labute approximate surface area is 116 Å². The number of rotatable bonds is 2. The molecule has 1 aliphatic rings. The van der Waals surface area contributed by atoms with Crippen molar-refractivity contribution in [2.75, 3.05) is 23.7 Å². The third-order valence-corrected chi connectivity index (χ3v) is 3.67. The average Bonchev–Trinajstić information content (AvgIpc) is 2.92. The van der Waals surface area contributed by atoms with Gasteiger partial charge in [-0.3, -0.25) is 0 Å². The molecule has 1 aromatic heterocycles. The van der Waals surface area contributed by atoms with E-state index in [0.29, 0.717) is 28.1 Å². The number of piperidine rings is 1. The van der Waals surface area contributed by atoms with Crippen LogP contribution in [0.4, 0.5) is 11.6 Å². The summed E-state index contributed by atoms with van der Waals surface area (Å²) < 4.78 is 5.30. The summed E-state index contributed by atoms with van der Waals surface area (Å²) in [6.07, 6.45) is 3.61. The summed E-state index contributed by atoms with van der Waals surface area (Å²) in [6.45, 7) is 1.95. The van der Waals surface area contributed by atoms with Crippen molar-refractivity contribution >= 4 is 23.2 Å². The van der Waals surface area contributed by atoms with Crippen LogP contribution in [0.25, 0.3) is 11.5 Å². The number of nitrogens with zero attached hydrogens (tertiary/aromatic N) is 3. The van der Waals surface area contributed by atoms with Gasteiger partial charge in [-0.25, -0.2) is 0 Å². The Morgan fingerprint density at radius 1 is 1.21 bits per heavy atom. The Bertz CT molecular complexity index is 578. The SMILES string of the molecule is Nc1c(Cl)cccc1-c1nc(N2CCCCC2)no1. The van der Waals surface area contributed by atoms with E-state index < -0.39 is 0 Å². The second kappa shape index (κ2) is 5.09. The molecule has 2 heterocycles.